The Kier molecular flexibility index (Phi) is 7.71. The van der Waals surface area contributed by atoms with Crippen molar-refractivity contribution in [1.29, 1.82) is 0 Å². The molecule has 0 unspecified atom stereocenters. The van der Waals surface area contributed by atoms with Gasteiger partial charge in [-0.3, -0.25) is 9.89 Å². The van der Waals surface area contributed by atoms with Crippen LogP contribution in [0.1, 0.15) is 21.9 Å². The average molecular weight is 437 g/mol. The van der Waals surface area contributed by atoms with Crippen LogP contribution in [0, 0.1) is 0 Å². The summed E-state index contributed by atoms with van der Waals surface area (Å²) in [6, 6.07) is 10.8. The molecule has 3 aromatic rings. The number of furan rings is 1. The normalized spacial score (nSPS) is 11.0. The number of hydrogen-bond donors (Lipinski definition) is 4. The maximum Gasteiger partial charge on any atom is 0.269 e. The van der Waals surface area contributed by atoms with Crippen molar-refractivity contribution < 1.29 is 14.3 Å². The lowest BCUT2D eigenvalue weighted by Gasteiger charge is -2.02. The van der Waals surface area contributed by atoms with Crippen molar-refractivity contribution in [2.45, 2.75) is 12.8 Å². The van der Waals surface area contributed by atoms with E-state index in [4.69, 9.17) is 32.7 Å². The molecule has 0 atom stereocenters. The highest BCUT2D eigenvalue weighted by Crippen LogP contribution is 2.29. The van der Waals surface area contributed by atoms with Gasteiger partial charge in [-0.15, -0.1) is 0 Å². The fourth-order valence-corrected chi connectivity index (χ4v) is 3.04. The van der Waals surface area contributed by atoms with Crippen LogP contribution in [0.25, 0.3) is 11.3 Å². The highest BCUT2D eigenvalue weighted by molar-refractivity contribution is 6.42. The molecule has 7 nitrogen and oxygen atoms in total. The van der Waals surface area contributed by atoms with Crippen LogP contribution >= 0.6 is 23.2 Å². The standard InChI is InChI=1S/C20H22Cl2N4O3/c21-16-3-1-13(11-17(16)22)19-4-2-15(29-19)6-8-24-20(28)18-12-14(25-26-18)5-7-23-9-10-27/h1-4,11-12,23,27H,5-10H2,(H,24,28)(H,25,26). The monoisotopic (exact) mass is 436 g/mol. The predicted octanol–water partition coefficient (Wildman–Crippen LogP) is 3.07. The third kappa shape index (κ3) is 6.08. The summed E-state index contributed by atoms with van der Waals surface area (Å²) in [5.74, 6) is 1.23. The van der Waals surface area contributed by atoms with E-state index in [0.29, 0.717) is 54.0 Å². The van der Waals surface area contributed by atoms with Gasteiger partial charge in [0, 0.05) is 38.0 Å². The van der Waals surface area contributed by atoms with Crippen LogP contribution in [0.2, 0.25) is 10.0 Å². The number of aromatic nitrogens is 2. The molecule has 0 bridgehead atoms. The van der Waals surface area contributed by atoms with E-state index >= 15 is 0 Å². The number of aliphatic hydroxyl groups excluding tert-OH is 1. The van der Waals surface area contributed by atoms with E-state index in [1.165, 1.54) is 0 Å². The van der Waals surface area contributed by atoms with Gasteiger partial charge in [0.2, 0.25) is 0 Å². The number of rotatable bonds is 10. The lowest BCUT2D eigenvalue weighted by atomic mass is 10.2. The lowest BCUT2D eigenvalue weighted by Crippen LogP contribution is -2.25. The fraction of sp³-hybridized carbons (Fsp3) is 0.300. The Hall–Kier alpha value is -2.32. The molecule has 0 aliphatic heterocycles. The molecule has 4 N–H and O–H groups in total. The molecule has 29 heavy (non-hydrogen) atoms. The number of nitrogens with zero attached hydrogens (tertiary/aromatic N) is 1. The number of hydrogen-bond acceptors (Lipinski definition) is 5. The molecular weight excluding hydrogens is 415 g/mol. The van der Waals surface area contributed by atoms with Crippen LogP contribution in [-0.2, 0) is 12.8 Å². The number of amides is 1. The average Bonchev–Trinajstić information content (AvgIpc) is 3.37. The van der Waals surface area contributed by atoms with E-state index in [1.807, 2.05) is 18.2 Å². The first-order valence-electron chi connectivity index (χ1n) is 9.25. The Labute approximate surface area is 178 Å². The van der Waals surface area contributed by atoms with Crippen LogP contribution < -0.4 is 10.6 Å². The van der Waals surface area contributed by atoms with Gasteiger partial charge in [0.25, 0.3) is 5.91 Å². The number of carbonyl (C=O) groups excluding carboxylic acids is 1. The number of aliphatic hydroxyl groups is 1. The summed E-state index contributed by atoms with van der Waals surface area (Å²) in [6.45, 7) is 1.75. The molecule has 0 aliphatic carbocycles. The second-order valence-electron chi connectivity index (χ2n) is 6.40. The van der Waals surface area contributed by atoms with Crippen molar-refractivity contribution in [3.8, 4) is 11.3 Å². The molecule has 1 aromatic carbocycles. The topological polar surface area (TPSA) is 103 Å². The first kappa shape index (κ1) is 21.4. The highest BCUT2D eigenvalue weighted by atomic mass is 35.5. The van der Waals surface area contributed by atoms with Crippen LogP contribution in [-0.4, -0.2) is 47.5 Å². The number of benzene rings is 1. The van der Waals surface area contributed by atoms with Crippen molar-refractivity contribution in [3.05, 3.63) is 63.6 Å². The molecule has 0 aliphatic rings. The SMILES string of the molecule is O=C(NCCc1ccc(-c2ccc(Cl)c(Cl)c2)o1)c1cc(CCNCCO)n[nH]1. The molecule has 9 heteroatoms. The minimum Gasteiger partial charge on any atom is -0.461 e. The molecule has 2 heterocycles. The van der Waals surface area contributed by atoms with Crippen molar-refractivity contribution in [2.24, 2.45) is 0 Å². The molecule has 0 saturated carbocycles. The summed E-state index contributed by atoms with van der Waals surface area (Å²) < 4.78 is 5.82. The van der Waals surface area contributed by atoms with E-state index < -0.39 is 0 Å². The summed E-state index contributed by atoms with van der Waals surface area (Å²) in [5.41, 5.74) is 2.05. The molecule has 0 fully saturated rings. The Bertz CT molecular complexity index is 955. The van der Waals surface area contributed by atoms with Crippen molar-refractivity contribution >= 4 is 29.1 Å². The van der Waals surface area contributed by atoms with Gasteiger partial charge in [-0.1, -0.05) is 23.2 Å². The summed E-state index contributed by atoms with van der Waals surface area (Å²) in [6.07, 6.45) is 1.23. The third-order valence-corrected chi connectivity index (χ3v) is 4.98. The van der Waals surface area contributed by atoms with E-state index in [-0.39, 0.29) is 12.5 Å². The van der Waals surface area contributed by atoms with Crippen molar-refractivity contribution in [2.75, 3.05) is 26.2 Å². The van der Waals surface area contributed by atoms with Gasteiger partial charge in [0.15, 0.2) is 0 Å². The minimum absolute atomic E-state index is 0.0961. The Morgan fingerprint density at radius 1 is 1.07 bits per heavy atom. The second kappa shape index (κ2) is 10.5. The van der Waals surface area contributed by atoms with E-state index in [2.05, 4.69) is 20.8 Å². The first-order valence-corrected chi connectivity index (χ1v) is 10.0. The maximum absolute atomic E-state index is 12.2. The summed E-state index contributed by atoms with van der Waals surface area (Å²) >= 11 is 12.0. The molecule has 1 amide bonds. The van der Waals surface area contributed by atoms with Gasteiger partial charge in [-0.2, -0.15) is 5.10 Å². The second-order valence-corrected chi connectivity index (χ2v) is 7.21. The zero-order valence-electron chi connectivity index (χ0n) is 15.7. The third-order valence-electron chi connectivity index (χ3n) is 4.24. The maximum atomic E-state index is 12.2. The van der Waals surface area contributed by atoms with Crippen LogP contribution in [0.3, 0.4) is 0 Å². The number of H-pyrrole nitrogens is 1. The molecule has 3 rings (SSSR count). The Balaban J connectivity index is 1.46. The van der Waals surface area contributed by atoms with Crippen LogP contribution in [0.15, 0.2) is 40.8 Å². The molecule has 0 spiro atoms. The van der Waals surface area contributed by atoms with Crippen LogP contribution in [0.4, 0.5) is 0 Å². The Morgan fingerprint density at radius 2 is 1.93 bits per heavy atom. The van der Waals surface area contributed by atoms with Gasteiger partial charge in [0.1, 0.15) is 17.2 Å². The summed E-state index contributed by atoms with van der Waals surface area (Å²) in [4.78, 5) is 12.2. The Morgan fingerprint density at radius 3 is 2.72 bits per heavy atom. The highest BCUT2D eigenvalue weighted by Gasteiger charge is 2.11. The molecule has 2 aromatic heterocycles. The largest absolute Gasteiger partial charge is 0.461 e. The number of aromatic amines is 1. The summed E-state index contributed by atoms with van der Waals surface area (Å²) in [5, 5.41) is 22.5. The fourth-order valence-electron chi connectivity index (χ4n) is 2.74. The molecular formula is C20H22Cl2N4O3. The predicted molar refractivity (Wildman–Crippen MR) is 112 cm³/mol. The van der Waals surface area contributed by atoms with E-state index in [1.54, 1.807) is 18.2 Å². The first-order chi connectivity index (χ1) is 14.1. The van der Waals surface area contributed by atoms with Gasteiger partial charge < -0.3 is 20.2 Å². The van der Waals surface area contributed by atoms with Gasteiger partial charge in [0.05, 0.1) is 22.3 Å². The van der Waals surface area contributed by atoms with Gasteiger partial charge in [-0.25, -0.2) is 0 Å². The van der Waals surface area contributed by atoms with Crippen molar-refractivity contribution in [3.63, 3.8) is 0 Å². The zero-order chi connectivity index (χ0) is 20.6. The minimum atomic E-state index is -0.219. The number of carbonyl (C=O) groups is 1. The smallest absolute Gasteiger partial charge is 0.269 e. The molecule has 0 saturated heterocycles. The quantitative estimate of drug-likeness (QED) is 0.365. The van der Waals surface area contributed by atoms with Crippen LogP contribution in [0.5, 0.6) is 0 Å². The molecule has 0 radical (unpaired) electrons. The summed E-state index contributed by atoms with van der Waals surface area (Å²) in [7, 11) is 0. The van der Waals surface area contributed by atoms with E-state index in [0.717, 1.165) is 17.0 Å². The van der Waals surface area contributed by atoms with Crippen molar-refractivity contribution in [1.82, 2.24) is 20.8 Å². The van der Waals surface area contributed by atoms with Gasteiger partial charge in [-0.05, 0) is 36.4 Å². The van der Waals surface area contributed by atoms with Gasteiger partial charge >= 0.3 is 0 Å². The van der Waals surface area contributed by atoms with E-state index in [9.17, 15) is 4.79 Å². The molecule has 154 valence electrons. The zero-order valence-corrected chi connectivity index (χ0v) is 17.2. The number of halogens is 2. The number of nitrogens with one attached hydrogen (secondary N) is 3. The lowest BCUT2D eigenvalue weighted by molar-refractivity contribution is 0.0948.